The molecular weight excluding hydrogens is 638 g/mol. The Kier molecular flexibility index (Phi) is 12.0. The van der Waals surface area contributed by atoms with Gasteiger partial charge in [0.25, 0.3) is 0 Å². The molecule has 0 radical (unpaired) electrons. The molecule has 2 bridgehead atoms. The van der Waals surface area contributed by atoms with Crippen molar-refractivity contribution in [3.63, 3.8) is 0 Å². The molecule has 0 aromatic carbocycles. The van der Waals surface area contributed by atoms with Crippen LogP contribution in [0.25, 0.3) is 10.9 Å². The number of pyridine rings is 1. The number of likely N-dealkylation sites (N-methyl/N-ethyl adjacent to an activating group) is 1. The summed E-state index contributed by atoms with van der Waals surface area (Å²) < 4.78 is 33.1. The second kappa shape index (κ2) is 15.0. The van der Waals surface area contributed by atoms with Gasteiger partial charge in [0.2, 0.25) is 5.28 Å². The highest BCUT2D eigenvalue weighted by molar-refractivity contribution is 6.30. The molecule has 2 fully saturated rings. The van der Waals surface area contributed by atoms with Crippen molar-refractivity contribution in [3.05, 3.63) is 22.5 Å². The van der Waals surface area contributed by atoms with Crippen molar-refractivity contribution < 1.29 is 28.5 Å². The minimum absolute atomic E-state index is 0.00652. The largest absolute Gasteiger partial charge is 0.444 e. The van der Waals surface area contributed by atoms with Crippen molar-refractivity contribution in [1.82, 2.24) is 24.8 Å². The zero-order chi connectivity index (χ0) is 33.9. The molecule has 2 aliphatic rings. The quantitative estimate of drug-likeness (QED) is 0.150. The van der Waals surface area contributed by atoms with E-state index < -0.39 is 17.0 Å². The van der Waals surface area contributed by atoms with Gasteiger partial charge in [-0.05, 0) is 85.5 Å². The van der Waals surface area contributed by atoms with E-state index in [1.807, 2.05) is 51.6 Å². The maximum absolute atomic E-state index is 14.9. The Labute approximate surface area is 281 Å². The molecule has 4 atom stereocenters. The number of fused-ring (bicyclic) bond motifs is 3. The number of amides is 1. The number of carbonyl (C=O) groups excluding carboxylic acids is 1. The minimum Gasteiger partial charge on any atom is -0.444 e. The molecule has 2 aromatic heterocycles. The number of carbonyl (C=O) groups is 1. The molecule has 0 saturated carbocycles. The summed E-state index contributed by atoms with van der Waals surface area (Å²) in [4.78, 5) is 32.0. The summed E-state index contributed by atoms with van der Waals surface area (Å²) in [6.45, 7) is 11.8. The maximum atomic E-state index is 14.9. The average Bonchev–Trinajstić information content (AvgIpc) is 3.21. The van der Waals surface area contributed by atoms with Crippen LogP contribution in [-0.4, -0.2) is 118 Å². The second-order valence-electron chi connectivity index (χ2n) is 13.9. The van der Waals surface area contributed by atoms with E-state index in [0.29, 0.717) is 50.3 Å². The summed E-state index contributed by atoms with van der Waals surface area (Å²) in [6.07, 6.45) is 5.72. The van der Waals surface area contributed by atoms with Gasteiger partial charge in [-0.2, -0.15) is 4.98 Å². The maximum Gasteiger partial charge on any atom is 0.411 e. The first-order chi connectivity index (χ1) is 21.6. The molecule has 4 rings (SSSR count). The molecule has 1 amide bonds. The van der Waals surface area contributed by atoms with Crippen LogP contribution < -0.4 is 4.90 Å². The summed E-state index contributed by atoms with van der Waals surface area (Å²) in [5.74, 6) is -0.330. The Hall–Kier alpha value is -2.09. The lowest BCUT2D eigenvalue weighted by molar-refractivity contribution is -0.0415. The average molecular weight is 688 g/mol. The number of anilines is 1. The number of aliphatic hydroxyl groups is 1. The lowest BCUT2D eigenvalue weighted by Gasteiger charge is -2.49. The number of aliphatic hydroxyl groups excluding tert-OH is 1. The van der Waals surface area contributed by atoms with Gasteiger partial charge in [0.1, 0.15) is 16.9 Å². The van der Waals surface area contributed by atoms with E-state index in [0.717, 1.165) is 25.7 Å². The van der Waals surface area contributed by atoms with Crippen LogP contribution in [-0.2, 0) is 14.2 Å². The van der Waals surface area contributed by atoms with Crippen molar-refractivity contribution in [2.24, 2.45) is 0 Å². The van der Waals surface area contributed by atoms with Crippen molar-refractivity contribution in [1.29, 1.82) is 0 Å². The van der Waals surface area contributed by atoms with Gasteiger partial charge >= 0.3 is 6.09 Å². The fourth-order valence-corrected chi connectivity index (χ4v) is 7.17. The van der Waals surface area contributed by atoms with Crippen LogP contribution in [0, 0.1) is 5.82 Å². The highest BCUT2D eigenvalue weighted by Gasteiger charge is 2.55. The first-order valence-corrected chi connectivity index (χ1v) is 16.8. The van der Waals surface area contributed by atoms with Crippen LogP contribution >= 0.6 is 23.2 Å². The topological polar surface area (TPSA) is 113 Å². The number of piperazine rings is 1. The van der Waals surface area contributed by atoms with E-state index >= 15 is 0 Å². The molecular formula is C32H49Cl2FN6O5. The third kappa shape index (κ3) is 8.13. The monoisotopic (exact) mass is 686 g/mol. The van der Waals surface area contributed by atoms with Crippen LogP contribution in [0.5, 0.6) is 0 Å². The molecule has 11 nitrogen and oxygen atoms in total. The van der Waals surface area contributed by atoms with Crippen molar-refractivity contribution in [2.45, 2.75) is 102 Å². The predicted molar refractivity (Wildman–Crippen MR) is 177 cm³/mol. The molecule has 2 aromatic rings. The van der Waals surface area contributed by atoms with Gasteiger partial charge in [0, 0.05) is 38.0 Å². The van der Waals surface area contributed by atoms with E-state index in [4.69, 9.17) is 37.4 Å². The number of hydrogen-bond donors (Lipinski definition) is 1. The van der Waals surface area contributed by atoms with Crippen LogP contribution in [0.2, 0.25) is 10.4 Å². The SMILES string of the molecule is CCCC(CO)(CC(C)OCCCOCC12CCC(CN(c3nc(Cl)nc4c(F)c(Cl)ncc34)C1)N2C(=O)OC(C)(C)C)N(C)C. The summed E-state index contributed by atoms with van der Waals surface area (Å²) >= 11 is 12.2. The molecule has 2 aliphatic heterocycles. The molecule has 2 saturated heterocycles. The third-order valence-electron chi connectivity index (χ3n) is 9.05. The number of rotatable bonds is 14. The Balaban J connectivity index is 1.46. The number of ether oxygens (including phenoxy) is 3. The smallest absolute Gasteiger partial charge is 0.411 e. The zero-order valence-electron chi connectivity index (χ0n) is 28.1. The van der Waals surface area contributed by atoms with Gasteiger partial charge in [0.05, 0.1) is 36.3 Å². The fourth-order valence-electron chi connectivity index (χ4n) is 6.87. The van der Waals surface area contributed by atoms with Gasteiger partial charge < -0.3 is 29.1 Å². The summed E-state index contributed by atoms with van der Waals surface area (Å²) in [5.41, 5.74) is -1.70. The van der Waals surface area contributed by atoms with E-state index in [1.165, 1.54) is 6.20 Å². The van der Waals surface area contributed by atoms with Crippen molar-refractivity contribution in [3.8, 4) is 0 Å². The standard InChI is InChI=1S/C32H49Cl2FN6O5/c1-8-11-31(19-42,39(6)7)15-21(2)45-14-9-13-44-20-32-12-10-22(41(32)29(43)46-30(3,4)5)17-40(18-32)27-23-16-36-26(33)24(35)25(23)37-28(34)38-27/h16,21-22,42H,8-15,17-20H2,1-7H3. The number of aromatic nitrogens is 3. The van der Waals surface area contributed by atoms with Gasteiger partial charge in [-0.3, -0.25) is 4.90 Å². The van der Waals surface area contributed by atoms with E-state index in [9.17, 15) is 14.3 Å². The first-order valence-electron chi connectivity index (χ1n) is 16.1. The molecule has 1 N–H and O–H groups in total. The van der Waals surface area contributed by atoms with Crippen LogP contribution in [0.3, 0.4) is 0 Å². The third-order valence-corrected chi connectivity index (χ3v) is 9.48. The molecule has 0 aliphatic carbocycles. The van der Waals surface area contributed by atoms with Gasteiger partial charge in [-0.1, -0.05) is 24.9 Å². The molecule has 46 heavy (non-hydrogen) atoms. The number of halogens is 3. The van der Waals surface area contributed by atoms with E-state index in [2.05, 4.69) is 26.8 Å². The summed E-state index contributed by atoms with van der Waals surface area (Å²) in [5, 5.41) is 10.1. The molecule has 0 spiro atoms. The molecule has 258 valence electrons. The van der Waals surface area contributed by atoms with Crippen molar-refractivity contribution in [2.75, 3.05) is 58.5 Å². The Morgan fingerprint density at radius 2 is 2.00 bits per heavy atom. The molecule has 14 heteroatoms. The summed E-state index contributed by atoms with van der Waals surface area (Å²) in [7, 11) is 4.00. The van der Waals surface area contributed by atoms with Crippen LogP contribution in [0.15, 0.2) is 6.20 Å². The second-order valence-corrected chi connectivity index (χ2v) is 14.6. The van der Waals surface area contributed by atoms with Gasteiger partial charge in [-0.15, -0.1) is 0 Å². The summed E-state index contributed by atoms with van der Waals surface area (Å²) in [6, 6.07) is -0.183. The number of hydrogen-bond acceptors (Lipinski definition) is 10. The van der Waals surface area contributed by atoms with E-state index in [1.54, 1.807) is 0 Å². The van der Waals surface area contributed by atoms with Crippen LogP contribution in [0.4, 0.5) is 15.0 Å². The van der Waals surface area contributed by atoms with Crippen LogP contribution in [0.1, 0.15) is 73.1 Å². The van der Waals surface area contributed by atoms with Crippen molar-refractivity contribution >= 4 is 46.0 Å². The number of nitrogens with zero attached hydrogens (tertiary/aromatic N) is 6. The van der Waals surface area contributed by atoms with Gasteiger partial charge in [0.15, 0.2) is 11.0 Å². The van der Waals surface area contributed by atoms with E-state index in [-0.39, 0.29) is 52.9 Å². The molecule has 4 heterocycles. The Morgan fingerprint density at radius 1 is 1.26 bits per heavy atom. The Bertz CT molecular complexity index is 1370. The first kappa shape index (κ1) is 36.7. The Morgan fingerprint density at radius 3 is 2.65 bits per heavy atom. The normalized spacial score (nSPS) is 22.0. The highest BCUT2D eigenvalue weighted by Crippen LogP contribution is 2.43. The zero-order valence-corrected chi connectivity index (χ0v) is 29.6. The minimum atomic E-state index is -0.760. The molecule has 4 unspecified atom stereocenters. The predicted octanol–water partition coefficient (Wildman–Crippen LogP) is 5.72. The highest BCUT2D eigenvalue weighted by atomic mass is 35.5. The van der Waals surface area contributed by atoms with Gasteiger partial charge in [-0.25, -0.2) is 19.2 Å². The lowest BCUT2D eigenvalue weighted by atomic mass is 9.87. The lowest BCUT2D eigenvalue weighted by Crippen LogP contribution is -2.66. The fraction of sp³-hybridized carbons (Fsp3) is 0.750.